The zero-order valence-corrected chi connectivity index (χ0v) is 28.3. The van der Waals surface area contributed by atoms with E-state index in [4.69, 9.17) is 18.6 Å². The van der Waals surface area contributed by atoms with Crippen LogP contribution >= 0.6 is 22.7 Å². The molecule has 0 fully saturated rings. The van der Waals surface area contributed by atoms with Crippen molar-refractivity contribution in [1.29, 1.82) is 0 Å². The first-order valence-electron chi connectivity index (χ1n) is 13.7. The van der Waals surface area contributed by atoms with E-state index >= 15 is 0 Å². The Bertz CT molecular complexity index is 1550. The fourth-order valence-corrected chi connectivity index (χ4v) is 4.84. The van der Waals surface area contributed by atoms with Crippen molar-refractivity contribution in [2.45, 2.75) is 65.3 Å². The molecule has 0 spiro atoms. The SMILES string of the molecule is COC(=O)c1csc(-c2coc(CNC(=O)OC(C)(C)C)n2)n1.COC(=O)c1csc(C2COC(CNC(=O)OC(C)(C)C)=N2)n1. The molecule has 18 heteroatoms. The van der Waals surface area contributed by atoms with Gasteiger partial charge in [-0.25, -0.2) is 39.1 Å². The highest BCUT2D eigenvalue weighted by Crippen LogP contribution is 2.26. The summed E-state index contributed by atoms with van der Waals surface area (Å²) >= 11 is 2.56. The fraction of sp³-hybridized carbons (Fsp3) is 0.500. The van der Waals surface area contributed by atoms with Crippen LogP contribution in [-0.4, -0.2) is 83.5 Å². The monoisotopic (exact) mass is 680 g/mol. The van der Waals surface area contributed by atoms with Crippen LogP contribution in [0.1, 0.15) is 79.5 Å². The smallest absolute Gasteiger partial charge is 0.408 e. The molecule has 250 valence electrons. The van der Waals surface area contributed by atoms with Crippen LogP contribution in [0, 0.1) is 0 Å². The third-order valence-corrected chi connectivity index (χ3v) is 6.96. The number of carbonyl (C=O) groups excluding carboxylic acids is 4. The Morgan fingerprint density at radius 3 is 2.00 bits per heavy atom. The number of alkyl carbamates (subject to hydrolysis) is 2. The number of esters is 2. The van der Waals surface area contributed by atoms with Crippen LogP contribution in [0.2, 0.25) is 0 Å². The lowest BCUT2D eigenvalue weighted by Gasteiger charge is -2.19. The van der Waals surface area contributed by atoms with Crippen LogP contribution in [0.4, 0.5) is 9.59 Å². The largest absolute Gasteiger partial charge is 0.477 e. The Morgan fingerprint density at radius 1 is 0.848 bits per heavy atom. The molecule has 0 radical (unpaired) electrons. The van der Waals surface area contributed by atoms with Gasteiger partial charge in [0, 0.05) is 10.8 Å². The molecule has 0 saturated heterocycles. The molecule has 4 rings (SSSR count). The highest BCUT2D eigenvalue weighted by atomic mass is 32.1. The number of ether oxygens (including phenoxy) is 5. The van der Waals surface area contributed by atoms with E-state index in [-0.39, 0.29) is 30.5 Å². The molecule has 0 aromatic carbocycles. The van der Waals surface area contributed by atoms with Crippen LogP contribution in [-0.2, 0) is 30.2 Å². The molecule has 0 bridgehead atoms. The number of hydrogen-bond donors (Lipinski definition) is 2. The summed E-state index contributed by atoms with van der Waals surface area (Å²) in [4.78, 5) is 62.7. The number of hydrogen-bond acceptors (Lipinski definition) is 16. The highest BCUT2D eigenvalue weighted by molar-refractivity contribution is 7.13. The molecule has 1 aliphatic rings. The maximum atomic E-state index is 11.6. The topological polar surface area (TPSA) is 203 Å². The summed E-state index contributed by atoms with van der Waals surface area (Å²) in [5.41, 5.74) is -0.189. The first-order valence-corrected chi connectivity index (χ1v) is 15.5. The summed E-state index contributed by atoms with van der Waals surface area (Å²) in [5, 5.41) is 9.51. The minimum absolute atomic E-state index is 0.0874. The molecule has 3 aromatic rings. The number of oxazole rings is 1. The number of nitrogens with zero attached hydrogens (tertiary/aromatic N) is 4. The second-order valence-corrected chi connectivity index (χ2v) is 13.0. The van der Waals surface area contributed by atoms with Gasteiger partial charge in [-0.15, -0.1) is 22.7 Å². The number of amides is 2. The summed E-state index contributed by atoms with van der Waals surface area (Å²) in [6.45, 7) is 11.2. The van der Waals surface area contributed by atoms with Crippen molar-refractivity contribution >= 4 is 52.7 Å². The van der Waals surface area contributed by atoms with Crippen LogP contribution in [0.5, 0.6) is 0 Å². The first kappa shape index (κ1) is 35.9. The Labute approximate surface area is 272 Å². The lowest BCUT2D eigenvalue weighted by molar-refractivity contribution is 0.0512. The molecular weight excluding hydrogens is 644 g/mol. The molecule has 1 atom stereocenters. The number of methoxy groups -OCH3 is 2. The minimum atomic E-state index is -0.572. The van der Waals surface area contributed by atoms with Crippen molar-refractivity contribution < 1.29 is 47.3 Å². The lowest BCUT2D eigenvalue weighted by Crippen LogP contribution is -2.35. The van der Waals surface area contributed by atoms with E-state index < -0.39 is 35.3 Å². The maximum Gasteiger partial charge on any atom is 0.408 e. The Balaban J connectivity index is 0.000000250. The van der Waals surface area contributed by atoms with E-state index in [0.717, 1.165) is 0 Å². The molecule has 0 saturated carbocycles. The number of rotatable bonds is 8. The van der Waals surface area contributed by atoms with Crippen LogP contribution in [0.25, 0.3) is 10.7 Å². The lowest BCUT2D eigenvalue weighted by atomic mass is 10.2. The van der Waals surface area contributed by atoms with Gasteiger partial charge in [0.2, 0.25) is 11.8 Å². The second kappa shape index (κ2) is 15.6. The Hall–Kier alpha value is -4.58. The molecule has 1 aliphatic heterocycles. The van der Waals surface area contributed by atoms with Gasteiger partial charge in [-0.05, 0) is 41.5 Å². The molecule has 16 nitrogen and oxygen atoms in total. The van der Waals surface area contributed by atoms with Crippen molar-refractivity contribution in [2.75, 3.05) is 27.4 Å². The zero-order chi connectivity index (χ0) is 34.1. The Kier molecular flexibility index (Phi) is 12.2. The number of aromatic nitrogens is 3. The number of nitrogens with one attached hydrogen (secondary N) is 2. The van der Waals surface area contributed by atoms with Gasteiger partial charge in [0.25, 0.3) is 0 Å². The predicted octanol–water partition coefficient (Wildman–Crippen LogP) is 4.53. The summed E-state index contributed by atoms with van der Waals surface area (Å²) < 4.78 is 30.1. The Morgan fingerprint density at radius 2 is 1.41 bits per heavy atom. The summed E-state index contributed by atoms with van der Waals surface area (Å²) in [5.74, 6) is -0.290. The van der Waals surface area contributed by atoms with E-state index in [1.165, 1.54) is 43.2 Å². The summed E-state index contributed by atoms with van der Waals surface area (Å²) in [7, 11) is 2.59. The van der Waals surface area contributed by atoms with Gasteiger partial charge in [0.05, 0.1) is 27.3 Å². The van der Waals surface area contributed by atoms with Gasteiger partial charge in [-0.3, -0.25) is 0 Å². The molecule has 1 unspecified atom stereocenters. The number of aliphatic imine (C=N–C) groups is 1. The van der Waals surface area contributed by atoms with Crippen molar-refractivity contribution in [1.82, 2.24) is 25.6 Å². The van der Waals surface area contributed by atoms with Crippen LogP contribution in [0.3, 0.4) is 0 Å². The van der Waals surface area contributed by atoms with Crippen LogP contribution < -0.4 is 10.6 Å². The number of carbonyl (C=O) groups is 4. The maximum absolute atomic E-state index is 11.6. The highest BCUT2D eigenvalue weighted by Gasteiger charge is 2.26. The predicted molar refractivity (Wildman–Crippen MR) is 166 cm³/mol. The van der Waals surface area contributed by atoms with Gasteiger partial charge in [0.1, 0.15) is 45.8 Å². The van der Waals surface area contributed by atoms with Crippen molar-refractivity contribution in [3.8, 4) is 10.7 Å². The van der Waals surface area contributed by atoms with Gasteiger partial charge in [-0.1, -0.05) is 0 Å². The van der Waals surface area contributed by atoms with E-state index in [1.54, 1.807) is 52.3 Å². The quantitative estimate of drug-likeness (QED) is 0.248. The first-order chi connectivity index (χ1) is 21.6. The second-order valence-electron chi connectivity index (χ2n) is 11.3. The van der Waals surface area contributed by atoms with Gasteiger partial charge in [-0.2, -0.15) is 0 Å². The molecule has 4 heterocycles. The van der Waals surface area contributed by atoms with Crippen molar-refractivity contribution in [3.05, 3.63) is 39.3 Å². The van der Waals surface area contributed by atoms with Crippen LogP contribution in [0.15, 0.2) is 26.4 Å². The van der Waals surface area contributed by atoms with Gasteiger partial charge in [0.15, 0.2) is 11.4 Å². The molecule has 2 N–H and O–H groups in total. The minimum Gasteiger partial charge on any atom is -0.477 e. The zero-order valence-electron chi connectivity index (χ0n) is 26.6. The molecular formula is C28H36N6O10S2. The normalized spacial score (nSPS) is 14.2. The molecule has 46 heavy (non-hydrogen) atoms. The third-order valence-electron chi connectivity index (χ3n) is 5.14. The standard InChI is InChI=1S/C14H19N3O5S.C14H17N3O5S/c2*1-14(2,3)22-13(19)15-5-10-16-8(6-21-10)11-17-9(7-23-11)12(18)20-4/h7-8H,5-6H2,1-4H3,(H,15,19);6-7H,5H2,1-4H3,(H,15,19). The van der Waals surface area contributed by atoms with E-state index in [0.29, 0.717) is 34.1 Å². The molecule has 0 aliphatic carbocycles. The molecule has 3 aromatic heterocycles. The fourth-order valence-electron chi connectivity index (χ4n) is 3.29. The van der Waals surface area contributed by atoms with E-state index in [9.17, 15) is 19.2 Å². The van der Waals surface area contributed by atoms with Crippen molar-refractivity contribution in [2.24, 2.45) is 4.99 Å². The average molecular weight is 681 g/mol. The average Bonchev–Trinajstić information content (AvgIpc) is 3.78. The summed E-state index contributed by atoms with van der Waals surface area (Å²) in [6, 6.07) is -0.283. The van der Waals surface area contributed by atoms with Gasteiger partial charge < -0.3 is 38.7 Å². The third kappa shape index (κ3) is 11.4. The molecule has 2 amide bonds. The van der Waals surface area contributed by atoms with E-state index in [1.807, 2.05) is 0 Å². The van der Waals surface area contributed by atoms with Crippen molar-refractivity contribution in [3.63, 3.8) is 0 Å². The van der Waals surface area contributed by atoms with Gasteiger partial charge >= 0.3 is 24.1 Å². The number of thiazole rings is 2. The summed E-state index contributed by atoms with van der Waals surface area (Å²) in [6.07, 6.45) is 0.320. The van der Waals surface area contributed by atoms with E-state index in [2.05, 4.69) is 40.1 Å².